The number of carbonyl (C=O) groups excluding carboxylic acids is 2. The zero-order valence-electron chi connectivity index (χ0n) is 26.0. The van der Waals surface area contributed by atoms with Crippen LogP contribution in [0.4, 0.5) is 19.1 Å². The van der Waals surface area contributed by atoms with Gasteiger partial charge in [-0.3, -0.25) is 19.0 Å². The summed E-state index contributed by atoms with van der Waals surface area (Å²) in [4.78, 5) is 48.7. The number of nitrogens with one attached hydrogen (secondary N) is 1. The lowest BCUT2D eigenvalue weighted by atomic mass is 9.85. The maximum atomic E-state index is 14.4. The SMILES string of the molecule is CNC(=O)[C@H]1CC[C@H](n2c(N(C)[C@@H](C)c3ccc(C(F)(F)F)cc3)nc3c(c2=O)C[C@@H](C)N(C(=O)c2ccc(Cl)c(Cl)c2)C3)CC1. The number of anilines is 1. The Kier molecular flexibility index (Phi) is 9.75. The van der Waals surface area contributed by atoms with Gasteiger partial charge >= 0.3 is 6.18 Å². The average Bonchev–Trinajstić information content (AvgIpc) is 3.04. The average molecular weight is 679 g/mol. The first-order valence-corrected chi connectivity index (χ1v) is 16.0. The lowest BCUT2D eigenvalue weighted by Gasteiger charge is -2.38. The Hall–Kier alpha value is -3.57. The van der Waals surface area contributed by atoms with E-state index >= 15 is 0 Å². The predicted molar refractivity (Wildman–Crippen MR) is 171 cm³/mol. The molecule has 2 aliphatic rings. The molecule has 246 valence electrons. The lowest BCUT2D eigenvalue weighted by molar-refractivity contribution is -0.137. The molecular formula is C33H36Cl2F3N5O3. The van der Waals surface area contributed by atoms with E-state index in [1.807, 2.05) is 13.8 Å². The molecule has 1 aliphatic heterocycles. The third-order valence-corrected chi connectivity index (χ3v) is 10.1. The zero-order chi connectivity index (χ0) is 33.5. The van der Waals surface area contributed by atoms with E-state index in [4.69, 9.17) is 28.2 Å². The van der Waals surface area contributed by atoms with Gasteiger partial charge in [0, 0.05) is 43.2 Å². The second kappa shape index (κ2) is 13.3. The van der Waals surface area contributed by atoms with Gasteiger partial charge < -0.3 is 15.1 Å². The highest BCUT2D eigenvalue weighted by Gasteiger charge is 2.36. The maximum Gasteiger partial charge on any atom is 0.416 e. The van der Waals surface area contributed by atoms with Gasteiger partial charge in [0.15, 0.2) is 0 Å². The van der Waals surface area contributed by atoms with Crippen molar-refractivity contribution in [3.05, 3.63) is 90.8 Å². The molecule has 2 amide bonds. The first-order chi connectivity index (χ1) is 21.7. The minimum absolute atomic E-state index is 0.0248. The number of alkyl halides is 3. The van der Waals surface area contributed by atoms with Crippen molar-refractivity contribution in [1.82, 2.24) is 19.8 Å². The van der Waals surface area contributed by atoms with Gasteiger partial charge in [-0.2, -0.15) is 13.2 Å². The number of hydrogen-bond acceptors (Lipinski definition) is 5. The number of hydrogen-bond donors (Lipinski definition) is 1. The summed E-state index contributed by atoms with van der Waals surface area (Å²) in [5.74, 6) is -0.0850. The van der Waals surface area contributed by atoms with Crippen molar-refractivity contribution in [3.8, 4) is 0 Å². The quantitative estimate of drug-likeness (QED) is 0.309. The molecule has 0 saturated heterocycles. The van der Waals surface area contributed by atoms with Crippen molar-refractivity contribution in [2.75, 3.05) is 19.0 Å². The molecule has 1 fully saturated rings. The van der Waals surface area contributed by atoms with Gasteiger partial charge in [-0.25, -0.2) is 4.98 Å². The number of fused-ring (bicyclic) bond motifs is 1. The highest BCUT2D eigenvalue weighted by atomic mass is 35.5. The van der Waals surface area contributed by atoms with E-state index in [2.05, 4.69) is 5.32 Å². The number of amides is 2. The van der Waals surface area contributed by atoms with Crippen molar-refractivity contribution >= 4 is 41.0 Å². The molecule has 1 aliphatic carbocycles. The summed E-state index contributed by atoms with van der Waals surface area (Å²) in [5, 5.41) is 3.29. The number of nitrogens with zero attached hydrogens (tertiary/aromatic N) is 4. The highest BCUT2D eigenvalue weighted by Crippen LogP contribution is 2.37. The summed E-state index contributed by atoms with van der Waals surface area (Å²) in [6, 6.07) is 8.64. The summed E-state index contributed by atoms with van der Waals surface area (Å²) < 4.78 is 41.4. The molecule has 1 aromatic heterocycles. The van der Waals surface area contributed by atoms with Gasteiger partial charge in [-0.15, -0.1) is 0 Å². The normalized spacial score (nSPS) is 20.5. The Morgan fingerprint density at radius 1 is 1.04 bits per heavy atom. The van der Waals surface area contributed by atoms with Gasteiger partial charge in [-0.05, 0) is 81.8 Å². The number of rotatable bonds is 6. The Bertz CT molecular complexity index is 1690. The fourth-order valence-corrected chi connectivity index (χ4v) is 6.75. The third-order valence-electron chi connectivity index (χ3n) is 9.35. The maximum absolute atomic E-state index is 14.4. The minimum atomic E-state index is -4.46. The Labute approximate surface area is 275 Å². The molecule has 8 nitrogen and oxygen atoms in total. The third kappa shape index (κ3) is 6.62. The van der Waals surface area contributed by atoms with Crippen LogP contribution in [0.1, 0.15) is 84.4 Å². The fourth-order valence-electron chi connectivity index (χ4n) is 6.45. The van der Waals surface area contributed by atoms with Crippen molar-refractivity contribution in [1.29, 1.82) is 0 Å². The second-order valence-electron chi connectivity index (χ2n) is 12.2. The molecule has 46 heavy (non-hydrogen) atoms. The first kappa shape index (κ1) is 33.8. The van der Waals surface area contributed by atoms with Crippen LogP contribution in [0, 0.1) is 5.92 Å². The molecule has 2 atom stereocenters. The zero-order valence-corrected chi connectivity index (χ0v) is 27.5. The summed E-state index contributed by atoms with van der Waals surface area (Å²) in [7, 11) is 3.37. The number of benzene rings is 2. The van der Waals surface area contributed by atoms with Crippen LogP contribution in [0.3, 0.4) is 0 Å². The first-order valence-electron chi connectivity index (χ1n) is 15.2. The number of carbonyl (C=O) groups is 2. The molecule has 5 rings (SSSR count). The standard InChI is InChI=1S/C33H36Cl2F3N5O3/c1-18-15-25-28(17-42(18)30(45)22-9-14-26(34)27(35)16-22)40-32(41(4)19(2)20-5-10-23(11-6-20)33(36,37)38)43(31(25)46)24-12-7-21(8-13-24)29(44)39-3/h5-6,9-11,14,16,18-19,21,24H,7-8,12-13,15,17H2,1-4H3,(H,39,44)/t18-,19+,21-,24-/m1/s1. The van der Waals surface area contributed by atoms with Gasteiger partial charge in [0.1, 0.15) is 0 Å². The molecule has 1 saturated carbocycles. The molecule has 1 N–H and O–H groups in total. The van der Waals surface area contributed by atoms with E-state index in [1.165, 1.54) is 18.2 Å². The largest absolute Gasteiger partial charge is 0.416 e. The molecule has 0 radical (unpaired) electrons. The summed E-state index contributed by atoms with van der Waals surface area (Å²) in [6.45, 7) is 3.80. The second-order valence-corrected chi connectivity index (χ2v) is 13.0. The van der Waals surface area contributed by atoms with Crippen LogP contribution in [0.25, 0.3) is 0 Å². The van der Waals surface area contributed by atoms with Crippen LogP contribution < -0.4 is 15.8 Å². The molecule has 2 heterocycles. The summed E-state index contributed by atoms with van der Waals surface area (Å²) >= 11 is 12.2. The van der Waals surface area contributed by atoms with Crippen LogP contribution >= 0.6 is 23.2 Å². The van der Waals surface area contributed by atoms with Gasteiger partial charge in [0.2, 0.25) is 11.9 Å². The summed E-state index contributed by atoms with van der Waals surface area (Å²) in [5.41, 5.74) is 1.01. The Morgan fingerprint density at radius 3 is 2.28 bits per heavy atom. The van der Waals surface area contributed by atoms with E-state index in [-0.39, 0.29) is 46.9 Å². The van der Waals surface area contributed by atoms with Gasteiger partial charge in [0.05, 0.1) is 33.9 Å². The minimum Gasteiger partial charge on any atom is -0.359 e. The number of halogens is 5. The Balaban J connectivity index is 1.54. The van der Waals surface area contributed by atoms with Crippen LogP contribution in [0.15, 0.2) is 47.3 Å². The lowest BCUT2D eigenvalue weighted by Crippen LogP contribution is -2.47. The molecule has 3 aromatic rings. The van der Waals surface area contributed by atoms with Crippen molar-refractivity contribution in [2.45, 2.75) is 76.8 Å². The van der Waals surface area contributed by atoms with Crippen LogP contribution in [-0.4, -0.2) is 46.4 Å². The highest BCUT2D eigenvalue weighted by molar-refractivity contribution is 6.42. The van der Waals surface area contributed by atoms with Crippen LogP contribution in [0.5, 0.6) is 0 Å². The number of aromatic nitrogens is 2. The summed E-state index contributed by atoms with van der Waals surface area (Å²) in [6.07, 6.45) is -1.78. The van der Waals surface area contributed by atoms with Crippen molar-refractivity contribution in [3.63, 3.8) is 0 Å². The molecular weight excluding hydrogens is 642 g/mol. The monoisotopic (exact) mass is 677 g/mol. The predicted octanol–water partition coefficient (Wildman–Crippen LogP) is 6.83. The fraction of sp³-hybridized carbons (Fsp3) is 0.455. The smallest absolute Gasteiger partial charge is 0.359 e. The van der Waals surface area contributed by atoms with E-state index in [1.54, 1.807) is 40.6 Å². The Morgan fingerprint density at radius 2 is 1.70 bits per heavy atom. The molecule has 0 spiro atoms. The van der Waals surface area contributed by atoms with E-state index in [0.29, 0.717) is 65.5 Å². The van der Waals surface area contributed by atoms with Crippen molar-refractivity contribution in [2.24, 2.45) is 5.92 Å². The van der Waals surface area contributed by atoms with Gasteiger partial charge in [-0.1, -0.05) is 35.3 Å². The van der Waals surface area contributed by atoms with Gasteiger partial charge in [0.25, 0.3) is 11.5 Å². The van der Waals surface area contributed by atoms with E-state index < -0.39 is 17.8 Å². The molecule has 2 aromatic carbocycles. The van der Waals surface area contributed by atoms with Crippen LogP contribution in [0.2, 0.25) is 10.0 Å². The molecule has 0 unspecified atom stereocenters. The topological polar surface area (TPSA) is 87.5 Å². The molecule has 0 bridgehead atoms. The van der Waals surface area contributed by atoms with Crippen molar-refractivity contribution < 1.29 is 22.8 Å². The van der Waals surface area contributed by atoms with Crippen LogP contribution in [-0.2, 0) is 23.9 Å². The van der Waals surface area contributed by atoms with E-state index in [0.717, 1.165) is 12.1 Å². The van der Waals surface area contributed by atoms with E-state index in [9.17, 15) is 27.6 Å². The molecule has 13 heteroatoms.